The minimum Gasteiger partial charge on any atom is -0.360 e. The van der Waals surface area contributed by atoms with Crippen LogP contribution in [0, 0.1) is 0 Å². The second kappa shape index (κ2) is 36.2. The zero-order valence-electron chi connectivity index (χ0n) is 38.4. The number of hydrogen-bond acceptors (Lipinski definition) is 6. The van der Waals surface area contributed by atoms with Crippen LogP contribution in [-0.2, 0) is 19.9 Å². The lowest BCUT2D eigenvalue weighted by Crippen LogP contribution is -2.39. The molecule has 1 unspecified atom stereocenters. The van der Waals surface area contributed by atoms with E-state index in [2.05, 4.69) is 92.0 Å². The fourth-order valence-electron chi connectivity index (χ4n) is 8.03. The molecular weight excluding hydrogens is 807 g/mol. The molecule has 0 radical (unpaired) electrons. The second-order valence-electron chi connectivity index (χ2n) is 16.9. The summed E-state index contributed by atoms with van der Waals surface area (Å²) in [6, 6.07) is 31.1. The minimum absolute atomic E-state index is 0.0313. The van der Waals surface area contributed by atoms with Crippen LogP contribution in [0.25, 0.3) is 0 Å². The molecule has 0 aromatic heterocycles. The smallest absolute Gasteiger partial charge is 0.230 e. The maximum absolute atomic E-state index is 13.5. The van der Waals surface area contributed by atoms with Crippen LogP contribution < -0.4 is 5.32 Å². The molecule has 7 heteroatoms. The number of rotatable bonds is 39. The topological polar surface area (TPSA) is 55.4 Å². The Morgan fingerprint density at radius 2 is 0.836 bits per heavy atom. The zero-order valence-corrected chi connectivity index (χ0v) is 40.8. The number of benzene rings is 3. The summed E-state index contributed by atoms with van der Waals surface area (Å²) in [7, 11) is 0. The molecule has 0 aliphatic heterocycles. The molecule has 340 valence electrons. The van der Waals surface area contributed by atoms with E-state index >= 15 is 0 Å². The van der Waals surface area contributed by atoms with Crippen LogP contribution in [0.4, 0.5) is 0 Å². The van der Waals surface area contributed by atoms with Crippen LogP contribution in [0.5, 0.6) is 0 Å². The molecule has 3 rings (SSSR count). The highest BCUT2D eigenvalue weighted by atomic mass is 32.2. The lowest BCUT2D eigenvalue weighted by atomic mass is 9.80. The number of thioether (sulfide) groups is 3. The number of ether oxygens (including phenoxy) is 1. The molecule has 4 nitrogen and oxygen atoms in total. The van der Waals surface area contributed by atoms with Crippen LogP contribution in [-0.4, -0.2) is 52.4 Å². The summed E-state index contributed by atoms with van der Waals surface area (Å²) in [4.78, 5) is 26.7. The number of unbranched alkanes of at least 4 members (excludes halogenated alkanes) is 22. The normalized spacial score (nSPS) is 12.1. The molecule has 0 aliphatic carbocycles. The van der Waals surface area contributed by atoms with Gasteiger partial charge in [0.2, 0.25) is 5.91 Å². The summed E-state index contributed by atoms with van der Waals surface area (Å²) in [5, 5.41) is 3.11. The van der Waals surface area contributed by atoms with Crippen LogP contribution in [0.2, 0.25) is 0 Å². The van der Waals surface area contributed by atoms with E-state index < -0.39 is 5.60 Å². The van der Waals surface area contributed by atoms with Crippen molar-refractivity contribution >= 4 is 46.3 Å². The highest BCUT2D eigenvalue weighted by Crippen LogP contribution is 2.41. The first-order chi connectivity index (χ1) is 30.1. The predicted octanol–water partition coefficient (Wildman–Crippen LogP) is 15.6. The van der Waals surface area contributed by atoms with Crippen LogP contribution in [0.3, 0.4) is 0 Å². The lowest BCUT2D eigenvalue weighted by Gasteiger charge is -2.37. The first-order valence-electron chi connectivity index (χ1n) is 24.5. The van der Waals surface area contributed by atoms with Crippen molar-refractivity contribution in [1.82, 2.24) is 5.32 Å². The summed E-state index contributed by atoms with van der Waals surface area (Å²) in [6.45, 7) is 5.24. The van der Waals surface area contributed by atoms with Gasteiger partial charge in [0.05, 0.1) is 23.4 Å². The van der Waals surface area contributed by atoms with Crippen LogP contribution >= 0.6 is 35.3 Å². The summed E-state index contributed by atoms with van der Waals surface area (Å²) in [5.74, 6) is 2.97. The van der Waals surface area contributed by atoms with Gasteiger partial charge in [-0.15, -0.1) is 0 Å². The number of amides is 1. The maximum atomic E-state index is 13.5. The van der Waals surface area contributed by atoms with Gasteiger partial charge in [-0.3, -0.25) is 9.59 Å². The Labute approximate surface area is 386 Å². The van der Waals surface area contributed by atoms with Crippen molar-refractivity contribution < 1.29 is 14.3 Å². The van der Waals surface area contributed by atoms with Gasteiger partial charge in [0, 0.05) is 6.54 Å². The third-order valence-corrected chi connectivity index (χ3v) is 14.9. The molecule has 0 bridgehead atoms. The van der Waals surface area contributed by atoms with Gasteiger partial charge >= 0.3 is 0 Å². The molecule has 0 fully saturated rings. The standard InChI is InChI=1S/C54H83NO3S3/c1-3-5-7-9-11-13-15-17-19-21-23-34-42-59-46-52(56)55-44-51(61-53(57)47-60-43-35-24-22-20-18-16-14-12-10-8-6-4-2)45-58-54(48-36-28-25-29-37-48,49-38-30-26-31-39-49)50-40-32-27-33-41-50/h25-33,36-41,51H,3-24,34-35,42-47H2,1-2H3,(H,55,56). The minimum atomic E-state index is -0.886. The summed E-state index contributed by atoms with van der Waals surface area (Å²) in [5.41, 5.74) is 2.19. The maximum Gasteiger partial charge on any atom is 0.230 e. The molecule has 3 aromatic carbocycles. The Morgan fingerprint density at radius 1 is 0.492 bits per heavy atom. The molecular formula is C54H83NO3S3. The first-order valence-corrected chi connectivity index (χ1v) is 27.7. The average molecular weight is 890 g/mol. The second-order valence-corrected chi connectivity index (χ2v) is 20.5. The van der Waals surface area contributed by atoms with Gasteiger partial charge in [-0.05, 0) is 41.0 Å². The van der Waals surface area contributed by atoms with Crippen LogP contribution in [0.15, 0.2) is 91.0 Å². The Balaban J connectivity index is 1.50. The van der Waals surface area contributed by atoms with Crippen molar-refractivity contribution in [2.24, 2.45) is 0 Å². The molecule has 61 heavy (non-hydrogen) atoms. The fraction of sp³-hybridized carbons (Fsp3) is 0.630. The van der Waals surface area contributed by atoms with E-state index in [-0.39, 0.29) is 16.3 Å². The van der Waals surface area contributed by atoms with Crippen molar-refractivity contribution in [2.75, 3.05) is 36.2 Å². The van der Waals surface area contributed by atoms with Crippen molar-refractivity contribution in [3.63, 3.8) is 0 Å². The average Bonchev–Trinajstić information content (AvgIpc) is 3.29. The summed E-state index contributed by atoms with van der Waals surface area (Å²) in [6.07, 6.45) is 32.1. The third-order valence-electron chi connectivity index (χ3n) is 11.6. The van der Waals surface area contributed by atoms with Gasteiger partial charge in [-0.2, -0.15) is 23.5 Å². The molecule has 3 aromatic rings. The number of hydrogen-bond donors (Lipinski definition) is 1. The largest absolute Gasteiger partial charge is 0.360 e. The Morgan fingerprint density at radius 3 is 1.21 bits per heavy atom. The van der Waals surface area contributed by atoms with Crippen LogP contribution in [0.1, 0.15) is 185 Å². The van der Waals surface area contributed by atoms with E-state index in [9.17, 15) is 9.59 Å². The van der Waals surface area contributed by atoms with Crippen molar-refractivity contribution in [3.8, 4) is 0 Å². The fourth-order valence-corrected chi connectivity index (χ4v) is 10.8. The zero-order chi connectivity index (χ0) is 43.3. The molecule has 0 aliphatic rings. The predicted molar refractivity (Wildman–Crippen MR) is 271 cm³/mol. The van der Waals surface area contributed by atoms with Gasteiger partial charge in [0.1, 0.15) is 5.60 Å². The Bertz CT molecular complexity index is 1380. The van der Waals surface area contributed by atoms with Gasteiger partial charge < -0.3 is 10.1 Å². The van der Waals surface area contributed by atoms with Gasteiger partial charge in [0.15, 0.2) is 5.12 Å². The molecule has 0 saturated carbocycles. The highest BCUT2D eigenvalue weighted by Gasteiger charge is 2.38. The van der Waals surface area contributed by atoms with Crippen molar-refractivity contribution in [2.45, 2.75) is 179 Å². The van der Waals surface area contributed by atoms with E-state index in [0.29, 0.717) is 24.7 Å². The quantitative estimate of drug-likeness (QED) is 0.0455. The van der Waals surface area contributed by atoms with E-state index in [0.717, 1.165) is 41.0 Å². The molecule has 1 N–H and O–H groups in total. The Hall–Kier alpha value is -2.19. The molecule has 1 atom stereocenters. The summed E-state index contributed by atoms with van der Waals surface area (Å²) >= 11 is 4.81. The van der Waals surface area contributed by atoms with Gasteiger partial charge in [-0.1, -0.05) is 258 Å². The van der Waals surface area contributed by atoms with E-state index in [4.69, 9.17) is 4.74 Å². The van der Waals surface area contributed by atoms with E-state index in [1.807, 2.05) is 18.2 Å². The van der Waals surface area contributed by atoms with E-state index in [1.165, 1.54) is 153 Å². The van der Waals surface area contributed by atoms with E-state index in [1.54, 1.807) is 23.5 Å². The molecule has 0 saturated heterocycles. The number of carbonyl (C=O) groups is 2. The molecule has 1 amide bonds. The Kier molecular flexibility index (Phi) is 31.5. The number of nitrogens with one attached hydrogen (secondary N) is 1. The first kappa shape index (κ1) is 53.2. The number of carbonyl (C=O) groups excluding carboxylic acids is 2. The highest BCUT2D eigenvalue weighted by molar-refractivity contribution is 8.16. The van der Waals surface area contributed by atoms with Crippen molar-refractivity contribution in [1.29, 1.82) is 0 Å². The molecule has 0 heterocycles. The monoisotopic (exact) mass is 890 g/mol. The third kappa shape index (κ3) is 23.9. The van der Waals surface area contributed by atoms with Gasteiger partial charge in [0.25, 0.3) is 0 Å². The molecule has 0 spiro atoms. The van der Waals surface area contributed by atoms with Crippen molar-refractivity contribution in [3.05, 3.63) is 108 Å². The SMILES string of the molecule is CCCCCCCCCCCCCCSCC(=O)NCC(COC(c1ccccc1)(c1ccccc1)c1ccccc1)SC(=O)CSCCCCCCCCCCCCCC. The van der Waals surface area contributed by atoms with Gasteiger partial charge in [-0.25, -0.2) is 0 Å². The lowest BCUT2D eigenvalue weighted by molar-refractivity contribution is -0.118. The summed E-state index contributed by atoms with van der Waals surface area (Å²) < 4.78 is 7.16.